The van der Waals surface area contributed by atoms with E-state index in [1.165, 1.54) is 6.92 Å². The SMILES string of the molecule is CC(CCOCC(F)(F)F)(C(=O)O)C(=O)NC1CC1. The van der Waals surface area contributed by atoms with Crippen LogP contribution in [0, 0.1) is 5.41 Å². The van der Waals surface area contributed by atoms with E-state index in [-0.39, 0.29) is 12.5 Å². The van der Waals surface area contributed by atoms with E-state index in [9.17, 15) is 22.8 Å². The Kier molecular flexibility index (Phi) is 4.78. The summed E-state index contributed by atoms with van der Waals surface area (Å²) in [4.78, 5) is 22.9. The van der Waals surface area contributed by atoms with E-state index >= 15 is 0 Å². The Bertz CT molecular complexity index is 354. The second-order valence-corrected chi connectivity index (χ2v) is 4.80. The molecule has 0 aromatic carbocycles. The van der Waals surface area contributed by atoms with Gasteiger partial charge in [-0.2, -0.15) is 13.2 Å². The molecule has 1 aliphatic carbocycles. The smallest absolute Gasteiger partial charge is 0.411 e. The average molecular weight is 283 g/mol. The summed E-state index contributed by atoms with van der Waals surface area (Å²) >= 11 is 0. The van der Waals surface area contributed by atoms with E-state index in [2.05, 4.69) is 10.1 Å². The summed E-state index contributed by atoms with van der Waals surface area (Å²) in [5, 5.41) is 11.6. The van der Waals surface area contributed by atoms with Crippen molar-refractivity contribution in [3.8, 4) is 0 Å². The number of carbonyl (C=O) groups excluding carboxylic acids is 1. The number of carboxylic acid groups (broad SMARTS) is 1. The lowest BCUT2D eigenvalue weighted by atomic mass is 9.86. The number of hydrogen-bond donors (Lipinski definition) is 2. The first-order valence-corrected chi connectivity index (χ1v) is 5.84. The zero-order valence-corrected chi connectivity index (χ0v) is 10.4. The molecule has 5 nitrogen and oxygen atoms in total. The van der Waals surface area contributed by atoms with Gasteiger partial charge in [0.2, 0.25) is 5.91 Å². The number of carbonyl (C=O) groups is 2. The van der Waals surface area contributed by atoms with Gasteiger partial charge in [0.1, 0.15) is 12.0 Å². The van der Waals surface area contributed by atoms with Crippen LogP contribution in [0.15, 0.2) is 0 Å². The first-order chi connectivity index (χ1) is 8.65. The fourth-order valence-electron chi connectivity index (χ4n) is 1.35. The van der Waals surface area contributed by atoms with Crippen LogP contribution in [0.5, 0.6) is 0 Å². The molecule has 1 atom stereocenters. The molecule has 0 bridgehead atoms. The summed E-state index contributed by atoms with van der Waals surface area (Å²) in [6, 6.07) is -0.0118. The Morgan fingerprint density at radius 3 is 2.37 bits per heavy atom. The maximum absolute atomic E-state index is 11.9. The highest BCUT2D eigenvalue weighted by Crippen LogP contribution is 2.26. The molecule has 2 N–H and O–H groups in total. The van der Waals surface area contributed by atoms with E-state index < -0.39 is 36.7 Å². The predicted octanol–water partition coefficient (Wildman–Crippen LogP) is 1.32. The minimum absolute atomic E-state index is 0.0118. The summed E-state index contributed by atoms with van der Waals surface area (Å²) < 4.78 is 39.9. The van der Waals surface area contributed by atoms with Crippen molar-refractivity contribution in [3.63, 3.8) is 0 Å². The largest absolute Gasteiger partial charge is 0.480 e. The molecule has 0 radical (unpaired) electrons. The molecule has 0 aromatic heterocycles. The third-order valence-corrected chi connectivity index (χ3v) is 2.90. The number of amides is 1. The van der Waals surface area contributed by atoms with Crippen LogP contribution in [-0.2, 0) is 14.3 Å². The lowest BCUT2D eigenvalue weighted by Crippen LogP contribution is -2.46. The van der Waals surface area contributed by atoms with Gasteiger partial charge in [0, 0.05) is 12.6 Å². The molecule has 110 valence electrons. The Labute approximate surface area is 108 Å². The van der Waals surface area contributed by atoms with E-state index in [0.29, 0.717) is 0 Å². The lowest BCUT2D eigenvalue weighted by Gasteiger charge is -2.23. The van der Waals surface area contributed by atoms with Gasteiger partial charge in [-0.1, -0.05) is 0 Å². The molecule has 1 amide bonds. The van der Waals surface area contributed by atoms with Gasteiger partial charge in [-0.3, -0.25) is 9.59 Å². The summed E-state index contributed by atoms with van der Waals surface area (Å²) in [5.41, 5.74) is -1.77. The molecule has 1 aliphatic rings. The first kappa shape index (κ1) is 15.7. The monoisotopic (exact) mass is 283 g/mol. The van der Waals surface area contributed by atoms with Crippen molar-refractivity contribution in [1.29, 1.82) is 0 Å². The second-order valence-electron chi connectivity index (χ2n) is 4.80. The number of halogens is 3. The molecule has 0 aliphatic heterocycles. The number of ether oxygens (including phenoxy) is 1. The van der Waals surface area contributed by atoms with Gasteiger partial charge in [-0.25, -0.2) is 0 Å². The summed E-state index contributed by atoms with van der Waals surface area (Å²) in [6.07, 6.45) is -3.18. The molecule has 0 saturated heterocycles. The number of nitrogens with one attached hydrogen (secondary N) is 1. The van der Waals surface area contributed by atoms with Gasteiger partial charge >= 0.3 is 12.1 Å². The van der Waals surface area contributed by atoms with Gasteiger partial charge < -0.3 is 15.2 Å². The summed E-state index contributed by atoms with van der Waals surface area (Å²) in [5.74, 6) is -2.06. The third kappa shape index (κ3) is 5.06. The fourth-order valence-corrected chi connectivity index (χ4v) is 1.35. The van der Waals surface area contributed by atoms with Crippen LogP contribution < -0.4 is 5.32 Å². The van der Waals surface area contributed by atoms with Crippen molar-refractivity contribution < 1.29 is 32.6 Å². The molecule has 1 saturated carbocycles. The minimum atomic E-state index is -4.46. The van der Waals surface area contributed by atoms with Crippen molar-refractivity contribution in [2.24, 2.45) is 5.41 Å². The molecule has 1 rings (SSSR count). The molecular weight excluding hydrogens is 267 g/mol. The maximum atomic E-state index is 11.9. The van der Waals surface area contributed by atoms with E-state index in [0.717, 1.165) is 12.8 Å². The third-order valence-electron chi connectivity index (χ3n) is 2.90. The van der Waals surface area contributed by atoms with Gasteiger partial charge in [0.25, 0.3) is 0 Å². The van der Waals surface area contributed by atoms with Crippen molar-refractivity contribution >= 4 is 11.9 Å². The molecule has 0 spiro atoms. The minimum Gasteiger partial charge on any atom is -0.480 e. The second kappa shape index (κ2) is 5.77. The van der Waals surface area contributed by atoms with Crippen LogP contribution in [0.4, 0.5) is 13.2 Å². The predicted molar refractivity (Wildman–Crippen MR) is 58.4 cm³/mol. The zero-order chi connectivity index (χ0) is 14.7. The number of aliphatic carboxylic acids is 1. The average Bonchev–Trinajstić information content (AvgIpc) is 3.06. The lowest BCUT2D eigenvalue weighted by molar-refractivity contribution is -0.176. The van der Waals surface area contributed by atoms with Crippen LogP contribution >= 0.6 is 0 Å². The molecule has 19 heavy (non-hydrogen) atoms. The van der Waals surface area contributed by atoms with E-state index in [1.807, 2.05) is 0 Å². The highest BCUT2D eigenvalue weighted by Gasteiger charge is 2.43. The van der Waals surface area contributed by atoms with Crippen molar-refractivity contribution in [1.82, 2.24) is 5.32 Å². The molecular formula is C11H16F3NO4. The van der Waals surface area contributed by atoms with Crippen LogP contribution in [0.2, 0.25) is 0 Å². The number of alkyl halides is 3. The topological polar surface area (TPSA) is 75.6 Å². The molecule has 1 unspecified atom stereocenters. The highest BCUT2D eigenvalue weighted by molar-refractivity contribution is 6.01. The number of carboxylic acids is 1. The summed E-state index contributed by atoms with van der Waals surface area (Å²) in [6.45, 7) is -0.711. The number of hydrogen-bond acceptors (Lipinski definition) is 3. The van der Waals surface area contributed by atoms with Crippen molar-refractivity contribution in [3.05, 3.63) is 0 Å². The first-order valence-electron chi connectivity index (χ1n) is 5.84. The maximum Gasteiger partial charge on any atom is 0.411 e. The normalized spacial score (nSPS) is 18.7. The van der Waals surface area contributed by atoms with Crippen LogP contribution in [0.25, 0.3) is 0 Å². The number of rotatable bonds is 7. The highest BCUT2D eigenvalue weighted by atomic mass is 19.4. The summed E-state index contributed by atoms with van der Waals surface area (Å²) in [7, 11) is 0. The molecule has 1 fully saturated rings. The van der Waals surface area contributed by atoms with Crippen LogP contribution in [0.1, 0.15) is 26.2 Å². The fraction of sp³-hybridized carbons (Fsp3) is 0.818. The molecule has 0 aromatic rings. The zero-order valence-electron chi connectivity index (χ0n) is 10.4. The van der Waals surface area contributed by atoms with Gasteiger partial charge in [0.15, 0.2) is 0 Å². The quantitative estimate of drug-likeness (QED) is 0.546. The van der Waals surface area contributed by atoms with Crippen molar-refractivity contribution in [2.75, 3.05) is 13.2 Å². The Hall–Kier alpha value is -1.31. The standard InChI is InChI=1S/C11H16F3NO4/c1-10(9(17)18,8(16)15-7-2-3-7)4-5-19-6-11(12,13)14/h7H,2-6H2,1H3,(H,15,16)(H,17,18). The van der Waals surface area contributed by atoms with Crippen LogP contribution in [-0.4, -0.2) is 42.4 Å². The molecule has 8 heteroatoms. The molecule has 0 heterocycles. The van der Waals surface area contributed by atoms with Crippen molar-refractivity contribution in [2.45, 2.75) is 38.4 Å². The van der Waals surface area contributed by atoms with Gasteiger partial charge in [-0.05, 0) is 26.2 Å². The van der Waals surface area contributed by atoms with Gasteiger partial charge in [0.05, 0.1) is 0 Å². The Morgan fingerprint density at radius 2 is 1.95 bits per heavy atom. The Morgan fingerprint density at radius 1 is 1.37 bits per heavy atom. The van der Waals surface area contributed by atoms with E-state index in [4.69, 9.17) is 5.11 Å². The van der Waals surface area contributed by atoms with Crippen LogP contribution in [0.3, 0.4) is 0 Å². The Balaban J connectivity index is 2.46. The van der Waals surface area contributed by atoms with Gasteiger partial charge in [-0.15, -0.1) is 0 Å². The van der Waals surface area contributed by atoms with E-state index in [1.54, 1.807) is 0 Å².